The summed E-state index contributed by atoms with van der Waals surface area (Å²) in [6.45, 7) is 1.21. The van der Waals surface area contributed by atoms with E-state index >= 15 is 0 Å². The Kier molecular flexibility index (Phi) is 3.50. The Hall–Kier alpha value is -0.380. The molecular formula is C14H22N2S. The van der Waals surface area contributed by atoms with Crippen molar-refractivity contribution in [3.05, 3.63) is 22.4 Å². The SMILES string of the molecule is CN(CCc1ccsc1)C1CC2CCC(C1)N2. The van der Waals surface area contributed by atoms with E-state index in [-0.39, 0.29) is 0 Å². The minimum absolute atomic E-state index is 0.808. The molecule has 2 saturated heterocycles. The van der Waals surface area contributed by atoms with E-state index in [9.17, 15) is 0 Å². The summed E-state index contributed by atoms with van der Waals surface area (Å²) in [4.78, 5) is 2.59. The van der Waals surface area contributed by atoms with Gasteiger partial charge in [0.15, 0.2) is 0 Å². The molecule has 17 heavy (non-hydrogen) atoms. The predicted molar refractivity (Wildman–Crippen MR) is 73.6 cm³/mol. The molecular weight excluding hydrogens is 228 g/mol. The molecule has 3 heterocycles. The van der Waals surface area contributed by atoms with E-state index in [0.717, 1.165) is 18.1 Å². The number of hydrogen-bond acceptors (Lipinski definition) is 3. The molecule has 0 radical (unpaired) electrons. The Morgan fingerprint density at radius 2 is 2.12 bits per heavy atom. The average molecular weight is 250 g/mol. The third-order valence-corrected chi connectivity index (χ3v) is 5.14. The first-order chi connectivity index (χ1) is 8.31. The summed E-state index contributed by atoms with van der Waals surface area (Å²) in [5.74, 6) is 0. The van der Waals surface area contributed by atoms with E-state index in [1.807, 2.05) is 11.3 Å². The first kappa shape index (κ1) is 11.7. The average Bonchev–Trinajstić information content (AvgIpc) is 2.96. The van der Waals surface area contributed by atoms with Crippen molar-refractivity contribution >= 4 is 11.3 Å². The number of likely N-dealkylation sites (N-methyl/N-ethyl adjacent to an activating group) is 1. The zero-order chi connectivity index (χ0) is 11.7. The molecule has 3 rings (SSSR count). The summed E-state index contributed by atoms with van der Waals surface area (Å²) < 4.78 is 0. The van der Waals surface area contributed by atoms with Crippen molar-refractivity contribution in [1.82, 2.24) is 10.2 Å². The van der Waals surface area contributed by atoms with Crippen LogP contribution < -0.4 is 5.32 Å². The van der Waals surface area contributed by atoms with Crippen LogP contribution in [0.15, 0.2) is 16.8 Å². The molecule has 0 aliphatic carbocycles. The highest BCUT2D eigenvalue weighted by molar-refractivity contribution is 7.07. The van der Waals surface area contributed by atoms with Crippen LogP contribution in [0.25, 0.3) is 0 Å². The molecule has 0 spiro atoms. The Morgan fingerprint density at radius 1 is 1.35 bits per heavy atom. The number of nitrogens with one attached hydrogen (secondary N) is 1. The van der Waals surface area contributed by atoms with Crippen molar-refractivity contribution in [2.45, 2.75) is 50.2 Å². The molecule has 3 heteroatoms. The van der Waals surface area contributed by atoms with Crippen molar-refractivity contribution in [3.8, 4) is 0 Å². The largest absolute Gasteiger partial charge is 0.311 e. The van der Waals surface area contributed by atoms with Gasteiger partial charge in [-0.15, -0.1) is 0 Å². The van der Waals surface area contributed by atoms with Crippen molar-refractivity contribution in [2.24, 2.45) is 0 Å². The lowest BCUT2D eigenvalue weighted by Crippen LogP contribution is -2.47. The quantitative estimate of drug-likeness (QED) is 0.883. The first-order valence-corrected chi connectivity index (χ1v) is 7.73. The Labute approximate surface area is 108 Å². The molecule has 2 aliphatic heterocycles. The number of hydrogen-bond donors (Lipinski definition) is 1. The van der Waals surface area contributed by atoms with E-state index in [1.165, 1.54) is 44.2 Å². The van der Waals surface area contributed by atoms with Crippen LogP contribution >= 0.6 is 11.3 Å². The van der Waals surface area contributed by atoms with Crippen LogP contribution in [0, 0.1) is 0 Å². The topological polar surface area (TPSA) is 15.3 Å². The van der Waals surface area contributed by atoms with Gasteiger partial charge in [0, 0.05) is 24.7 Å². The second kappa shape index (κ2) is 5.09. The van der Waals surface area contributed by atoms with E-state index < -0.39 is 0 Å². The van der Waals surface area contributed by atoms with Gasteiger partial charge in [0.1, 0.15) is 0 Å². The summed E-state index contributed by atoms with van der Waals surface area (Å²) in [5.41, 5.74) is 1.50. The second-order valence-corrected chi connectivity index (χ2v) is 6.41. The molecule has 2 aliphatic rings. The molecule has 2 nitrogen and oxygen atoms in total. The minimum atomic E-state index is 0.808. The normalized spacial score (nSPS) is 32.2. The van der Waals surface area contributed by atoms with Crippen LogP contribution in [-0.4, -0.2) is 36.6 Å². The maximum absolute atomic E-state index is 3.72. The maximum atomic E-state index is 3.72. The van der Waals surface area contributed by atoms with Crippen LogP contribution in [0.5, 0.6) is 0 Å². The van der Waals surface area contributed by atoms with E-state index in [1.54, 1.807) is 0 Å². The van der Waals surface area contributed by atoms with Gasteiger partial charge in [0.2, 0.25) is 0 Å². The Morgan fingerprint density at radius 3 is 2.76 bits per heavy atom. The van der Waals surface area contributed by atoms with Gasteiger partial charge in [0.25, 0.3) is 0 Å². The number of rotatable bonds is 4. The van der Waals surface area contributed by atoms with E-state index in [2.05, 4.69) is 34.1 Å². The van der Waals surface area contributed by atoms with Gasteiger partial charge in [0.05, 0.1) is 0 Å². The number of piperidine rings is 1. The highest BCUT2D eigenvalue weighted by Gasteiger charge is 2.34. The van der Waals surface area contributed by atoms with Gasteiger partial charge in [-0.25, -0.2) is 0 Å². The molecule has 94 valence electrons. The zero-order valence-corrected chi connectivity index (χ0v) is 11.4. The van der Waals surface area contributed by atoms with Gasteiger partial charge in [-0.2, -0.15) is 11.3 Å². The summed E-state index contributed by atoms with van der Waals surface area (Å²) >= 11 is 1.81. The number of fused-ring (bicyclic) bond motifs is 2. The van der Waals surface area contributed by atoms with Crippen molar-refractivity contribution in [3.63, 3.8) is 0 Å². The van der Waals surface area contributed by atoms with Gasteiger partial charge >= 0.3 is 0 Å². The lowest BCUT2D eigenvalue weighted by molar-refractivity contribution is 0.174. The molecule has 0 amide bonds. The lowest BCUT2D eigenvalue weighted by atomic mass is 9.98. The number of nitrogens with zero attached hydrogens (tertiary/aromatic N) is 1. The van der Waals surface area contributed by atoms with E-state index in [0.29, 0.717) is 0 Å². The summed E-state index contributed by atoms with van der Waals surface area (Å²) in [6.07, 6.45) is 6.73. The monoisotopic (exact) mass is 250 g/mol. The Balaban J connectivity index is 1.50. The van der Waals surface area contributed by atoms with Crippen molar-refractivity contribution < 1.29 is 0 Å². The first-order valence-electron chi connectivity index (χ1n) is 6.78. The summed E-state index contributed by atoms with van der Waals surface area (Å²) in [6, 6.07) is 4.68. The summed E-state index contributed by atoms with van der Waals surface area (Å²) in [7, 11) is 2.31. The highest BCUT2D eigenvalue weighted by atomic mass is 32.1. The van der Waals surface area contributed by atoms with E-state index in [4.69, 9.17) is 0 Å². The molecule has 2 fully saturated rings. The fourth-order valence-electron chi connectivity index (χ4n) is 3.31. The standard InChI is InChI=1S/C14H22N2S/c1-16(6-4-11-5-7-17-10-11)14-8-12-2-3-13(9-14)15-12/h5,7,10,12-15H,2-4,6,8-9H2,1H3. The predicted octanol–water partition coefficient (Wildman–Crippen LogP) is 2.51. The van der Waals surface area contributed by atoms with Crippen LogP contribution in [0.4, 0.5) is 0 Å². The van der Waals surface area contributed by atoms with Gasteiger partial charge in [-0.1, -0.05) is 0 Å². The van der Waals surface area contributed by atoms with Crippen LogP contribution in [0.3, 0.4) is 0 Å². The molecule has 1 N–H and O–H groups in total. The van der Waals surface area contributed by atoms with Crippen LogP contribution in [-0.2, 0) is 6.42 Å². The third kappa shape index (κ3) is 2.72. The molecule has 2 atom stereocenters. The zero-order valence-electron chi connectivity index (χ0n) is 10.6. The highest BCUT2D eigenvalue weighted by Crippen LogP contribution is 2.29. The maximum Gasteiger partial charge on any atom is 0.0122 e. The lowest BCUT2D eigenvalue weighted by Gasteiger charge is -2.35. The third-order valence-electron chi connectivity index (χ3n) is 4.40. The van der Waals surface area contributed by atoms with Gasteiger partial charge < -0.3 is 10.2 Å². The fourth-order valence-corrected chi connectivity index (χ4v) is 4.01. The van der Waals surface area contributed by atoms with Gasteiger partial charge in [-0.3, -0.25) is 0 Å². The van der Waals surface area contributed by atoms with Crippen LogP contribution in [0.1, 0.15) is 31.2 Å². The summed E-state index contributed by atoms with van der Waals surface area (Å²) in [5, 5.41) is 8.18. The Bertz CT molecular complexity index is 337. The smallest absolute Gasteiger partial charge is 0.0122 e. The molecule has 2 unspecified atom stereocenters. The van der Waals surface area contributed by atoms with Crippen LogP contribution in [0.2, 0.25) is 0 Å². The van der Waals surface area contributed by atoms with Crippen molar-refractivity contribution in [2.75, 3.05) is 13.6 Å². The number of thiophene rings is 1. The minimum Gasteiger partial charge on any atom is -0.311 e. The molecule has 1 aromatic rings. The fraction of sp³-hybridized carbons (Fsp3) is 0.714. The van der Waals surface area contributed by atoms with Crippen molar-refractivity contribution in [1.29, 1.82) is 0 Å². The molecule has 0 saturated carbocycles. The second-order valence-electron chi connectivity index (χ2n) is 5.63. The molecule has 0 aromatic carbocycles. The van der Waals surface area contributed by atoms with Gasteiger partial charge in [-0.05, 0) is 61.5 Å². The molecule has 2 bridgehead atoms. The molecule has 1 aromatic heterocycles.